The number of rotatable bonds is 33. The third kappa shape index (κ3) is 35.4. The molecule has 0 N–H and O–H groups in total. The SMILES string of the molecule is C=CCC(CC/C(C)=C/C=C/CC/C=C\c1csc(C)n1)OC.C=CCC(CC/C(C)=C/C=C\CC/C=C\c1csc(C)n1)OC.C=CCC(CC/C(C)=C\C=C\CC/C=C\c1csc(C)n1)OC. The summed E-state index contributed by atoms with van der Waals surface area (Å²) in [4.78, 5) is 13.2. The van der Waals surface area contributed by atoms with Crippen molar-refractivity contribution in [1.29, 1.82) is 0 Å². The number of unbranched alkanes of at least 4 members (excludes halogenated alkanes) is 3. The highest BCUT2D eigenvalue weighted by Gasteiger charge is 2.06. The summed E-state index contributed by atoms with van der Waals surface area (Å²) >= 11 is 5.08. The van der Waals surface area contributed by atoms with E-state index >= 15 is 0 Å². The summed E-state index contributed by atoms with van der Waals surface area (Å²) in [6, 6.07) is 0. The summed E-state index contributed by atoms with van der Waals surface area (Å²) in [5.41, 5.74) is 7.38. The van der Waals surface area contributed by atoms with Crippen LogP contribution in [-0.4, -0.2) is 54.6 Å². The van der Waals surface area contributed by atoms with Crippen molar-refractivity contribution in [2.45, 2.75) is 156 Å². The Morgan fingerprint density at radius 1 is 0.464 bits per heavy atom. The van der Waals surface area contributed by atoms with Crippen molar-refractivity contribution in [3.05, 3.63) is 176 Å². The van der Waals surface area contributed by atoms with Gasteiger partial charge in [0, 0.05) is 37.5 Å². The molecular weight excluding hydrogens is 907 g/mol. The third-order valence-corrected chi connectivity index (χ3v) is 13.1. The molecule has 0 aliphatic carbocycles. The molecule has 3 heterocycles. The molecule has 0 amide bonds. The summed E-state index contributed by atoms with van der Waals surface area (Å²) in [6.45, 7) is 23.9. The van der Waals surface area contributed by atoms with Gasteiger partial charge in [-0.05, 0) is 156 Å². The van der Waals surface area contributed by atoms with Crippen molar-refractivity contribution < 1.29 is 14.2 Å². The van der Waals surface area contributed by atoms with Crippen LogP contribution in [0.5, 0.6) is 0 Å². The number of aromatic nitrogens is 3. The summed E-state index contributed by atoms with van der Waals surface area (Å²) < 4.78 is 16.3. The van der Waals surface area contributed by atoms with Crippen LogP contribution in [0.4, 0.5) is 0 Å². The number of aryl methyl sites for hydroxylation is 3. The second-order valence-electron chi connectivity index (χ2n) is 16.9. The molecule has 6 nitrogen and oxygen atoms in total. The first kappa shape index (κ1) is 62.7. The molecule has 0 bridgehead atoms. The molecule has 0 aliphatic rings. The van der Waals surface area contributed by atoms with Gasteiger partial charge in [0.2, 0.25) is 0 Å². The average molecular weight is 995 g/mol. The lowest BCUT2D eigenvalue weighted by molar-refractivity contribution is 0.0980. The minimum atomic E-state index is 0.291. The van der Waals surface area contributed by atoms with E-state index < -0.39 is 0 Å². The first-order valence-electron chi connectivity index (χ1n) is 24.6. The lowest BCUT2D eigenvalue weighted by Crippen LogP contribution is -2.08. The van der Waals surface area contributed by atoms with E-state index in [1.54, 1.807) is 55.3 Å². The van der Waals surface area contributed by atoms with Gasteiger partial charge in [0.1, 0.15) is 0 Å². The zero-order valence-electron chi connectivity index (χ0n) is 43.9. The second-order valence-corrected chi connectivity index (χ2v) is 20.1. The Labute approximate surface area is 432 Å². The van der Waals surface area contributed by atoms with Gasteiger partial charge in [-0.1, -0.05) is 108 Å². The number of allylic oxidation sites excluding steroid dienone is 15. The Morgan fingerprint density at radius 2 is 0.725 bits per heavy atom. The Kier molecular flexibility index (Phi) is 38.6. The largest absolute Gasteiger partial charge is 0.381 e. The normalized spacial score (nSPS) is 14.0. The Morgan fingerprint density at radius 3 is 0.942 bits per heavy atom. The van der Waals surface area contributed by atoms with Gasteiger partial charge in [0.05, 0.1) is 50.4 Å². The lowest BCUT2D eigenvalue weighted by atomic mass is 10.1. The van der Waals surface area contributed by atoms with Gasteiger partial charge in [-0.25, -0.2) is 15.0 Å². The summed E-state index contributed by atoms with van der Waals surface area (Å²) in [5, 5.41) is 9.63. The summed E-state index contributed by atoms with van der Waals surface area (Å²) in [6.07, 6.45) is 54.7. The minimum absolute atomic E-state index is 0.291. The van der Waals surface area contributed by atoms with Crippen LogP contribution in [-0.2, 0) is 14.2 Å². The molecule has 3 rings (SSSR count). The van der Waals surface area contributed by atoms with E-state index in [9.17, 15) is 0 Å². The van der Waals surface area contributed by atoms with Crippen LogP contribution in [0.1, 0.15) is 149 Å². The number of hydrogen-bond acceptors (Lipinski definition) is 9. The van der Waals surface area contributed by atoms with Gasteiger partial charge in [0.15, 0.2) is 0 Å². The van der Waals surface area contributed by atoms with Gasteiger partial charge in [-0.2, -0.15) is 0 Å². The van der Waals surface area contributed by atoms with Crippen LogP contribution in [0.2, 0.25) is 0 Å². The predicted molar refractivity (Wildman–Crippen MR) is 309 cm³/mol. The molecule has 3 atom stereocenters. The maximum Gasteiger partial charge on any atom is 0.0901 e. The molecule has 0 spiro atoms. The summed E-state index contributed by atoms with van der Waals surface area (Å²) in [5.74, 6) is 0. The van der Waals surface area contributed by atoms with Gasteiger partial charge < -0.3 is 14.2 Å². The molecular formula is C60H87N3O3S3. The number of nitrogens with zero attached hydrogens (tertiary/aromatic N) is 3. The topological polar surface area (TPSA) is 66.4 Å². The molecule has 9 heteroatoms. The lowest BCUT2D eigenvalue weighted by Gasteiger charge is -2.12. The number of ether oxygens (including phenoxy) is 3. The first-order chi connectivity index (χ1) is 33.5. The highest BCUT2D eigenvalue weighted by Crippen LogP contribution is 2.16. The van der Waals surface area contributed by atoms with Crippen LogP contribution in [0.15, 0.2) is 144 Å². The van der Waals surface area contributed by atoms with Crippen LogP contribution in [0.25, 0.3) is 18.2 Å². The zero-order valence-corrected chi connectivity index (χ0v) is 46.3. The molecule has 0 aromatic carbocycles. The number of methoxy groups -OCH3 is 3. The second kappa shape index (κ2) is 42.5. The monoisotopic (exact) mass is 994 g/mol. The smallest absolute Gasteiger partial charge is 0.0901 e. The molecule has 378 valence electrons. The zero-order chi connectivity index (χ0) is 50.7. The van der Waals surface area contributed by atoms with Crippen molar-refractivity contribution in [3.8, 4) is 0 Å². The standard InChI is InChI=1S/3C20H29NOS/c3*1-5-11-20(22-4)15-14-17(2)12-9-7-6-8-10-13-19-16-23-18(3)21-19/h3*5,7,9-10,12-13,16,20H,1,6,8,11,14-15H2,2-4H3/b9-7+,13-10-,17-12+;9-7+,13-10-,17-12-;9-7-,13-10-,17-12+. The molecule has 3 aromatic heterocycles. The Balaban J connectivity index is 0.000000517. The van der Waals surface area contributed by atoms with Gasteiger partial charge in [-0.15, -0.1) is 53.7 Å². The first-order valence-corrected chi connectivity index (χ1v) is 27.2. The Bertz CT molecular complexity index is 1850. The number of hydrogen-bond donors (Lipinski definition) is 0. The highest BCUT2D eigenvalue weighted by molar-refractivity contribution is 7.10. The van der Waals surface area contributed by atoms with Crippen LogP contribution in [0.3, 0.4) is 0 Å². The maximum absolute atomic E-state index is 5.42. The fraction of sp³-hybridized carbons (Fsp3) is 0.450. The average Bonchev–Trinajstić information content (AvgIpc) is 4.09. The fourth-order valence-corrected chi connectivity index (χ4v) is 8.26. The quantitative estimate of drug-likeness (QED) is 0.0344. The van der Waals surface area contributed by atoms with Gasteiger partial charge >= 0.3 is 0 Å². The van der Waals surface area contributed by atoms with Gasteiger partial charge in [-0.3, -0.25) is 0 Å². The molecule has 3 aromatic rings. The van der Waals surface area contributed by atoms with E-state index in [1.807, 2.05) is 39.0 Å². The van der Waals surface area contributed by atoms with Crippen molar-refractivity contribution in [3.63, 3.8) is 0 Å². The van der Waals surface area contributed by atoms with Crippen LogP contribution < -0.4 is 0 Å². The molecule has 0 radical (unpaired) electrons. The van der Waals surface area contributed by atoms with Crippen LogP contribution >= 0.6 is 34.0 Å². The van der Waals surface area contributed by atoms with Crippen LogP contribution in [0, 0.1) is 20.8 Å². The number of thiazole rings is 3. The fourth-order valence-electron chi connectivity index (χ4n) is 6.51. The van der Waals surface area contributed by atoms with E-state index in [2.05, 4.69) is 163 Å². The molecule has 0 aliphatic heterocycles. The van der Waals surface area contributed by atoms with Crippen molar-refractivity contribution in [1.82, 2.24) is 15.0 Å². The molecule has 3 unspecified atom stereocenters. The minimum Gasteiger partial charge on any atom is -0.381 e. The van der Waals surface area contributed by atoms with E-state index in [-0.39, 0.29) is 0 Å². The molecule has 0 saturated carbocycles. The van der Waals surface area contributed by atoms with Gasteiger partial charge in [0.25, 0.3) is 0 Å². The third-order valence-electron chi connectivity index (χ3n) is 10.7. The summed E-state index contributed by atoms with van der Waals surface area (Å²) in [7, 11) is 5.31. The highest BCUT2D eigenvalue weighted by atomic mass is 32.1. The maximum atomic E-state index is 5.42. The van der Waals surface area contributed by atoms with E-state index in [4.69, 9.17) is 14.2 Å². The van der Waals surface area contributed by atoms with Crippen molar-refractivity contribution >= 4 is 52.2 Å². The van der Waals surface area contributed by atoms with Crippen molar-refractivity contribution in [2.75, 3.05) is 21.3 Å². The Hall–Kier alpha value is -4.35. The predicted octanol–water partition coefficient (Wildman–Crippen LogP) is 18.4. The van der Waals surface area contributed by atoms with Crippen molar-refractivity contribution in [2.24, 2.45) is 0 Å². The molecule has 0 fully saturated rings. The molecule has 0 saturated heterocycles. The van der Waals surface area contributed by atoms with E-state index in [0.717, 1.165) is 128 Å². The molecule has 69 heavy (non-hydrogen) atoms. The van der Waals surface area contributed by atoms with E-state index in [1.165, 1.54) is 16.7 Å². The van der Waals surface area contributed by atoms with E-state index in [0.29, 0.717) is 18.3 Å².